The van der Waals surface area contributed by atoms with E-state index < -0.39 is 145 Å². The molecule has 0 saturated heterocycles. The molecule has 26 heteroatoms. The number of nitrogens with two attached hydrogens (primary N) is 4. The van der Waals surface area contributed by atoms with E-state index in [1.165, 1.54) is 13.8 Å². The molecule has 25 nitrogen and oxygen atoms in total. The van der Waals surface area contributed by atoms with Crippen LogP contribution in [0.25, 0.3) is 0 Å². The predicted molar refractivity (Wildman–Crippen MR) is 204 cm³/mol. The van der Waals surface area contributed by atoms with E-state index >= 15 is 0 Å². The fraction of sp³-hybridized carbons (Fsp3) is 0.625. The number of carboxylic acids is 1. The maximum Gasteiger partial charge on any atom is 0.303 e. The van der Waals surface area contributed by atoms with E-state index in [1.54, 1.807) is 0 Å². The van der Waals surface area contributed by atoms with Gasteiger partial charge in [0.25, 0.3) is 0 Å². The molecule has 0 saturated carbocycles. The zero-order valence-corrected chi connectivity index (χ0v) is 33.1. The number of unbranched alkanes of at least 4 members (excludes halogenated alkanes) is 1. The van der Waals surface area contributed by atoms with Gasteiger partial charge < -0.3 is 70.6 Å². The second-order valence-electron chi connectivity index (χ2n) is 12.9. The molecule has 0 aliphatic heterocycles. The lowest BCUT2D eigenvalue weighted by molar-refractivity contribution is -0.139. The van der Waals surface area contributed by atoms with Gasteiger partial charge in [0.1, 0.15) is 42.3 Å². The van der Waals surface area contributed by atoms with Gasteiger partial charge in [-0.2, -0.15) is 12.6 Å². The van der Waals surface area contributed by atoms with Crippen LogP contribution in [0.2, 0.25) is 0 Å². The summed E-state index contributed by atoms with van der Waals surface area (Å²) in [6, 6.07) is -10.1. The summed E-state index contributed by atoms with van der Waals surface area (Å²) in [5.41, 5.74) is 21.1. The van der Waals surface area contributed by atoms with Crippen molar-refractivity contribution >= 4 is 83.6 Å². The van der Waals surface area contributed by atoms with E-state index in [0.717, 1.165) is 6.92 Å². The maximum atomic E-state index is 13.5. The monoisotopic (exact) mass is 846 g/mol. The average Bonchev–Trinajstić information content (AvgIpc) is 3.12. The molecule has 326 valence electrons. The zero-order chi connectivity index (χ0) is 44.7. The van der Waals surface area contributed by atoms with Gasteiger partial charge in [-0.1, -0.05) is 0 Å². The molecule has 0 radical (unpaired) electrons. The molecule has 58 heavy (non-hydrogen) atoms. The fourth-order valence-corrected chi connectivity index (χ4v) is 4.96. The van der Waals surface area contributed by atoms with Crippen LogP contribution in [0.5, 0.6) is 0 Å². The summed E-state index contributed by atoms with van der Waals surface area (Å²) in [5.74, 6) is -12.2. The number of thiol groups is 1. The van der Waals surface area contributed by atoms with Crippen LogP contribution in [-0.4, -0.2) is 137 Å². The minimum Gasteiger partial charge on any atom is -0.481 e. The molecule has 0 unspecified atom stereocenters. The van der Waals surface area contributed by atoms with E-state index in [4.69, 9.17) is 22.9 Å². The van der Waals surface area contributed by atoms with Crippen molar-refractivity contribution < 1.29 is 62.6 Å². The van der Waals surface area contributed by atoms with Gasteiger partial charge in [0.2, 0.25) is 65.0 Å². The van der Waals surface area contributed by atoms with Crippen LogP contribution in [0.4, 0.5) is 0 Å². The van der Waals surface area contributed by atoms with Crippen LogP contribution < -0.4 is 65.5 Å². The van der Waals surface area contributed by atoms with Crippen LogP contribution in [0.1, 0.15) is 65.7 Å². The molecule has 0 aliphatic rings. The van der Waals surface area contributed by atoms with E-state index in [-0.39, 0.29) is 25.1 Å². The van der Waals surface area contributed by atoms with Gasteiger partial charge >= 0.3 is 5.97 Å². The van der Waals surface area contributed by atoms with Crippen LogP contribution in [0.3, 0.4) is 0 Å². The normalized spacial score (nSPS) is 14.2. The van der Waals surface area contributed by atoms with Crippen molar-refractivity contribution in [1.82, 2.24) is 42.5 Å². The van der Waals surface area contributed by atoms with Gasteiger partial charge in [0.05, 0.1) is 19.4 Å². The van der Waals surface area contributed by atoms with Crippen LogP contribution in [0, 0.1) is 0 Å². The average molecular weight is 847 g/mol. The molecule has 11 amide bonds. The van der Waals surface area contributed by atoms with Gasteiger partial charge in [0.15, 0.2) is 0 Å². The lowest BCUT2D eigenvalue weighted by atomic mass is 10.0. The number of nitrogens with one attached hydrogen (secondary N) is 8. The van der Waals surface area contributed by atoms with E-state index in [9.17, 15) is 62.6 Å². The third-order valence-corrected chi connectivity index (χ3v) is 8.16. The Morgan fingerprint density at radius 1 is 0.569 bits per heavy atom. The van der Waals surface area contributed by atoms with Crippen LogP contribution in [0.15, 0.2) is 0 Å². The lowest BCUT2D eigenvalue weighted by Crippen LogP contribution is -2.60. The quantitative estimate of drug-likeness (QED) is 0.0257. The molecule has 0 aromatic heterocycles. The summed E-state index contributed by atoms with van der Waals surface area (Å²) in [4.78, 5) is 148. The molecule has 0 fully saturated rings. The number of rotatable bonds is 28. The standard InChI is InChI=1S/C32H54N12O13S/c1-14(26(36)51)39-27(52)15(2)38-24(48)12-37-28(53)21(13-58)44-32(57)20(11-23(35)47)43-30(55)18(7-8-25(49)50)42-29(54)17(6-4-5-9-33)41-31(56)19(10-22(34)46)40-16(3)45/h14-15,17-21,58H,4-13,33H2,1-3H3,(H2,34,46)(H2,35,47)(H2,36,51)(H,37,53)(H,38,48)(H,39,52)(H,40,45)(H,41,56)(H,42,54)(H,43,55)(H,44,57)(H,49,50)/t14-,15-,17-,18-,19-,20-,21-/m0/s1. The van der Waals surface area contributed by atoms with Crippen LogP contribution >= 0.6 is 12.6 Å². The van der Waals surface area contributed by atoms with Crippen LogP contribution in [-0.2, 0) is 57.5 Å². The first-order valence-electron chi connectivity index (χ1n) is 17.8. The molecule has 0 spiro atoms. The molecule has 17 N–H and O–H groups in total. The first kappa shape index (κ1) is 51.9. The van der Waals surface area contributed by atoms with Crippen molar-refractivity contribution in [1.29, 1.82) is 0 Å². The Labute approximate surface area is 338 Å². The summed E-state index contributed by atoms with van der Waals surface area (Å²) < 4.78 is 0. The first-order valence-corrected chi connectivity index (χ1v) is 18.4. The molecule has 0 aromatic carbocycles. The zero-order valence-electron chi connectivity index (χ0n) is 32.2. The topological polar surface area (TPSA) is 425 Å². The van der Waals surface area contributed by atoms with Crippen molar-refractivity contribution in [3.63, 3.8) is 0 Å². The van der Waals surface area contributed by atoms with Crippen molar-refractivity contribution in [2.45, 2.75) is 108 Å². The Bertz CT molecular complexity index is 1530. The van der Waals surface area contributed by atoms with Gasteiger partial charge in [-0.25, -0.2) is 0 Å². The maximum absolute atomic E-state index is 13.5. The molecule has 0 aliphatic carbocycles. The van der Waals surface area contributed by atoms with Crippen molar-refractivity contribution in [2.24, 2.45) is 22.9 Å². The van der Waals surface area contributed by atoms with Gasteiger partial charge in [-0.05, 0) is 46.1 Å². The lowest BCUT2D eigenvalue weighted by Gasteiger charge is -2.26. The first-order chi connectivity index (χ1) is 27.0. The molecular weight excluding hydrogens is 792 g/mol. The highest BCUT2D eigenvalue weighted by Gasteiger charge is 2.33. The number of carboxylic acid groups (broad SMARTS) is 1. The second kappa shape index (κ2) is 26.7. The number of hydrogen-bond donors (Lipinski definition) is 14. The number of hydrogen-bond acceptors (Lipinski definition) is 14. The summed E-state index contributed by atoms with van der Waals surface area (Å²) in [5, 5.41) is 27.4. The van der Waals surface area contributed by atoms with Crippen molar-refractivity contribution in [2.75, 3.05) is 18.8 Å². The van der Waals surface area contributed by atoms with Crippen molar-refractivity contribution in [3.8, 4) is 0 Å². The Kier molecular flexibility index (Phi) is 23.9. The van der Waals surface area contributed by atoms with Gasteiger partial charge in [-0.15, -0.1) is 0 Å². The second-order valence-corrected chi connectivity index (χ2v) is 13.2. The summed E-state index contributed by atoms with van der Waals surface area (Å²) in [6.07, 6.45) is -2.15. The molecular formula is C32H54N12O13S. The fourth-order valence-electron chi connectivity index (χ4n) is 4.71. The highest BCUT2D eigenvalue weighted by atomic mass is 32.1. The number of primary amides is 3. The number of carbonyl (C=O) groups is 12. The Morgan fingerprint density at radius 2 is 1.03 bits per heavy atom. The number of amides is 11. The Hall–Kier alpha value is -6.05. The Morgan fingerprint density at radius 3 is 1.48 bits per heavy atom. The van der Waals surface area contributed by atoms with E-state index in [2.05, 4.69) is 55.2 Å². The molecule has 0 aromatic rings. The van der Waals surface area contributed by atoms with E-state index in [1.807, 2.05) is 0 Å². The van der Waals surface area contributed by atoms with Gasteiger partial charge in [0, 0.05) is 19.1 Å². The minimum atomic E-state index is -1.80. The van der Waals surface area contributed by atoms with E-state index in [0.29, 0.717) is 6.42 Å². The summed E-state index contributed by atoms with van der Waals surface area (Å²) in [7, 11) is 0. The third-order valence-electron chi connectivity index (χ3n) is 7.79. The highest BCUT2D eigenvalue weighted by Crippen LogP contribution is 2.07. The summed E-state index contributed by atoms with van der Waals surface area (Å²) in [6.45, 7) is 3.20. The Balaban J connectivity index is 6.01. The third kappa shape index (κ3) is 21.3. The predicted octanol–water partition coefficient (Wildman–Crippen LogP) is -7.28. The summed E-state index contributed by atoms with van der Waals surface area (Å²) >= 11 is 4.02. The molecule has 7 atom stereocenters. The molecule has 0 bridgehead atoms. The van der Waals surface area contributed by atoms with Gasteiger partial charge in [-0.3, -0.25) is 57.5 Å². The molecule has 0 heterocycles. The SMILES string of the molecule is CC(=O)N[C@@H](CC(N)=O)C(=O)N[C@@H](CCCCN)C(=O)N[C@@H](CCC(=O)O)C(=O)N[C@@H](CC(N)=O)C(=O)N[C@@H](CS)C(=O)NCC(=O)N[C@@H](C)C(=O)N[C@@H](C)C(N)=O. The largest absolute Gasteiger partial charge is 0.481 e. The number of aliphatic carboxylic acids is 1. The highest BCUT2D eigenvalue weighted by molar-refractivity contribution is 7.80. The smallest absolute Gasteiger partial charge is 0.303 e. The minimum absolute atomic E-state index is 0.0719. The van der Waals surface area contributed by atoms with Crippen molar-refractivity contribution in [3.05, 3.63) is 0 Å². The molecule has 0 rings (SSSR count). The number of carbonyl (C=O) groups excluding carboxylic acids is 11.